The zero-order chi connectivity index (χ0) is 24.9. The van der Waals surface area contributed by atoms with Crippen LogP contribution < -0.4 is 0 Å². The van der Waals surface area contributed by atoms with Crippen LogP contribution in [0.2, 0.25) is 10.0 Å². The van der Waals surface area contributed by atoms with Crippen molar-refractivity contribution < 1.29 is 9.53 Å². The molecule has 2 aliphatic heterocycles. The van der Waals surface area contributed by atoms with Gasteiger partial charge >= 0.3 is 0 Å². The van der Waals surface area contributed by atoms with Crippen molar-refractivity contribution in [2.45, 2.75) is 12.5 Å². The Balaban J connectivity index is 0.00000200. The molecule has 1 aromatic heterocycles. The van der Waals surface area contributed by atoms with Gasteiger partial charge in [-0.2, -0.15) is 0 Å². The van der Waals surface area contributed by atoms with Gasteiger partial charge in [0.1, 0.15) is 0 Å². The molecular formula is C28H32Cl4N4O2. The number of piperazine rings is 1. The van der Waals surface area contributed by atoms with Crippen LogP contribution >= 0.6 is 48.0 Å². The maximum atomic E-state index is 13.6. The molecule has 0 radical (unpaired) electrons. The molecule has 0 spiro atoms. The number of hydrogen-bond acceptors (Lipinski definition) is 4. The van der Waals surface area contributed by atoms with Crippen LogP contribution in [0.3, 0.4) is 0 Å². The predicted molar refractivity (Wildman–Crippen MR) is 159 cm³/mol. The normalized spacial score (nSPS) is 18.3. The van der Waals surface area contributed by atoms with Crippen LogP contribution in [0.4, 0.5) is 0 Å². The van der Waals surface area contributed by atoms with E-state index in [1.165, 1.54) is 10.9 Å². The first-order chi connectivity index (χ1) is 17.6. The van der Waals surface area contributed by atoms with E-state index in [4.69, 9.17) is 27.9 Å². The molecule has 1 N–H and O–H groups in total. The first-order valence-corrected chi connectivity index (χ1v) is 13.1. The molecular weight excluding hydrogens is 566 g/mol. The molecule has 0 unspecified atom stereocenters. The quantitative estimate of drug-likeness (QED) is 0.420. The van der Waals surface area contributed by atoms with Crippen LogP contribution in [-0.2, 0) is 11.2 Å². The van der Waals surface area contributed by atoms with Gasteiger partial charge in [0.2, 0.25) is 0 Å². The van der Waals surface area contributed by atoms with Crippen LogP contribution in [0.1, 0.15) is 15.9 Å². The molecule has 3 aromatic rings. The van der Waals surface area contributed by atoms with Crippen molar-refractivity contribution in [2.75, 3.05) is 59.0 Å². The van der Waals surface area contributed by atoms with Gasteiger partial charge in [-0.1, -0.05) is 53.2 Å². The van der Waals surface area contributed by atoms with Gasteiger partial charge in [0.15, 0.2) is 0 Å². The second-order valence-corrected chi connectivity index (χ2v) is 10.2. The molecule has 10 heteroatoms. The van der Waals surface area contributed by atoms with E-state index in [0.717, 1.165) is 57.9 Å². The minimum Gasteiger partial charge on any atom is -0.379 e. The molecule has 5 rings (SSSR count). The molecule has 1 amide bonds. The van der Waals surface area contributed by atoms with Crippen molar-refractivity contribution in [3.8, 4) is 11.8 Å². The first-order valence-electron chi connectivity index (χ1n) is 12.4. The molecule has 1 atom stereocenters. The van der Waals surface area contributed by atoms with Gasteiger partial charge < -0.3 is 14.6 Å². The molecule has 2 fully saturated rings. The zero-order valence-electron chi connectivity index (χ0n) is 21.0. The van der Waals surface area contributed by atoms with Crippen molar-refractivity contribution in [1.82, 2.24) is 19.7 Å². The highest BCUT2D eigenvalue weighted by molar-refractivity contribution is 6.35. The van der Waals surface area contributed by atoms with Gasteiger partial charge in [0, 0.05) is 71.5 Å². The SMILES string of the molecule is Cl.Cl.O=C(c1cc(Cl)cc(Cl)c1)N1CCN(CC#CCN2CCOCC2)C[C@H]1Cc1c[nH]c2ccccc12. The highest BCUT2D eigenvalue weighted by Crippen LogP contribution is 2.25. The minimum atomic E-state index is -0.0395. The summed E-state index contributed by atoms with van der Waals surface area (Å²) in [4.78, 5) is 23.6. The number of morpholine rings is 1. The maximum absolute atomic E-state index is 13.6. The number of halogens is 4. The Hall–Kier alpha value is -1.95. The van der Waals surface area contributed by atoms with Crippen molar-refractivity contribution in [3.63, 3.8) is 0 Å². The fraction of sp³-hybridized carbons (Fsp3) is 0.393. The van der Waals surface area contributed by atoms with Gasteiger partial charge in [-0.3, -0.25) is 14.6 Å². The van der Waals surface area contributed by atoms with Crippen LogP contribution in [0, 0.1) is 11.8 Å². The number of carbonyl (C=O) groups is 1. The molecule has 6 nitrogen and oxygen atoms in total. The third kappa shape index (κ3) is 7.58. The van der Waals surface area contributed by atoms with Crippen molar-refractivity contribution in [1.29, 1.82) is 0 Å². The third-order valence-electron chi connectivity index (χ3n) is 6.90. The number of carbonyl (C=O) groups excluding carboxylic acids is 1. The number of H-pyrrole nitrogens is 1. The Kier molecular flexibility index (Phi) is 11.6. The van der Waals surface area contributed by atoms with E-state index in [-0.39, 0.29) is 36.8 Å². The fourth-order valence-electron chi connectivity index (χ4n) is 5.00. The second-order valence-electron chi connectivity index (χ2n) is 9.35. The number of nitrogens with zero attached hydrogens (tertiary/aromatic N) is 3. The second kappa shape index (κ2) is 14.4. The summed E-state index contributed by atoms with van der Waals surface area (Å²) >= 11 is 12.4. The summed E-state index contributed by atoms with van der Waals surface area (Å²) in [6.45, 7) is 7.07. The molecule has 204 valence electrons. The van der Waals surface area contributed by atoms with Crippen molar-refractivity contribution in [2.24, 2.45) is 0 Å². The largest absolute Gasteiger partial charge is 0.379 e. The summed E-state index contributed by atoms with van der Waals surface area (Å²) in [5.41, 5.74) is 2.83. The lowest BCUT2D eigenvalue weighted by atomic mass is 10.00. The lowest BCUT2D eigenvalue weighted by molar-refractivity contribution is 0.0441. The molecule has 2 saturated heterocycles. The van der Waals surface area contributed by atoms with E-state index < -0.39 is 0 Å². The van der Waals surface area contributed by atoms with Gasteiger partial charge in [0.25, 0.3) is 5.91 Å². The number of nitrogens with one attached hydrogen (secondary N) is 1. The lowest BCUT2D eigenvalue weighted by Gasteiger charge is -2.41. The summed E-state index contributed by atoms with van der Waals surface area (Å²) in [6, 6.07) is 13.3. The molecule has 2 aliphatic rings. The lowest BCUT2D eigenvalue weighted by Crippen LogP contribution is -2.56. The van der Waals surface area contributed by atoms with Gasteiger partial charge in [-0.15, -0.1) is 24.8 Å². The third-order valence-corrected chi connectivity index (χ3v) is 7.34. The van der Waals surface area contributed by atoms with Crippen LogP contribution in [0.25, 0.3) is 10.9 Å². The number of para-hydroxylation sites is 1. The van der Waals surface area contributed by atoms with Gasteiger partial charge in [-0.25, -0.2) is 0 Å². The van der Waals surface area contributed by atoms with Gasteiger partial charge in [-0.05, 0) is 36.2 Å². The van der Waals surface area contributed by atoms with Crippen molar-refractivity contribution in [3.05, 3.63) is 69.8 Å². The summed E-state index contributed by atoms with van der Waals surface area (Å²) in [6.07, 6.45) is 2.81. The molecule has 0 saturated carbocycles. The average Bonchev–Trinajstić information content (AvgIpc) is 3.29. The molecule has 3 heterocycles. The number of hydrogen-bond donors (Lipinski definition) is 1. The van der Waals surface area contributed by atoms with E-state index in [0.29, 0.717) is 28.7 Å². The van der Waals surface area contributed by atoms with Crippen LogP contribution in [0.5, 0.6) is 0 Å². The molecule has 0 bridgehead atoms. The Morgan fingerprint density at radius 2 is 1.63 bits per heavy atom. The smallest absolute Gasteiger partial charge is 0.254 e. The molecule has 2 aromatic carbocycles. The first kappa shape index (κ1) is 30.6. The Labute approximate surface area is 246 Å². The van der Waals surface area contributed by atoms with E-state index >= 15 is 0 Å². The highest BCUT2D eigenvalue weighted by Gasteiger charge is 2.31. The number of fused-ring (bicyclic) bond motifs is 1. The Bertz CT molecular complexity index is 1260. The summed E-state index contributed by atoms with van der Waals surface area (Å²) < 4.78 is 5.41. The highest BCUT2D eigenvalue weighted by atomic mass is 35.5. The topological polar surface area (TPSA) is 51.8 Å². The van der Waals surface area contributed by atoms with E-state index in [9.17, 15) is 4.79 Å². The van der Waals surface area contributed by atoms with Crippen LogP contribution in [-0.4, -0.2) is 90.7 Å². The Morgan fingerprint density at radius 1 is 0.947 bits per heavy atom. The zero-order valence-corrected chi connectivity index (χ0v) is 24.1. The monoisotopic (exact) mass is 596 g/mol. The summed E-state index contributed by atoms with van der Waals surface area (Å²) in [7, 11) is 0. The van der Waals surface area contributed by atoms with Gasteiger partial charge in [0.05, 0.1) is 26.3 Å². The number of aromatic nitrogens is 1. The number of aromatic amines is 1. The number of amides is 1. The summed E-state index contributed by atoms with van der Waals surface area (Å²) in [5, 5.41) is 2.12. The van der Waals surface area contributed by atoms with E-state index in [2.05, 4.69) is 45.0 Å². The average molecular weight is 598 g/mol. The summed E-state index contributed by atoms with van der Waals surface area (Å²) in [5.74, 6) is 6.63. The number of ether oxygens (including phenoxy) is 1. The maximum Gasteiger partial charge on any atom is 0.254 e. The predicted octanol–water partition coefficient (Wildman–Crippen LogP) is 5.02. The number of rotatable bonds is 5. The standard InChI is InChI=1S/C28H30Cl2N4O2.2ClH/c29-23-15-21(16-24(30)18-23)28(35)34-10-9-33(8-4-3-7-32-11-13-36-14-12-32)20-25(34)17-22-19-31-27-6-2-1-5-26(22)27;;/h1-2,5-6,15-16,18-19,25,31H,7-14,17,20H2;2*1H/t25-;;/m1../s1. The van der Waals surface area contributed by atoms with E-state index in [1.54, 1.807) is 18.2 Å². The van der Waals surface area contributed by atoms with Crippen molar-refractivity contribution >= 4 is 64.8 Å². The molecule has 0 aliphatic carbocycles. The molecule has 38 heavy (non-hydrogen) atoms. The Morgan fingerprint density at radius 3 is 2.37 bits per heavy atom. The minimum absolute atomic E-state index is 0. The van der Waals surface area contributed by atoms with Crippen LogP contribution in [0.15, 0.2) is 48.7 Å². The number of benzene rings is 2. The fourth-order valence-corrected chi connectivity index (χ4v) is 5.52. The van der Waals surface area contributed by atoms with E-state index in [1.807, 2.05) is 17.0 Å².